The first kappa shape index (κ1) is 15.0. The third kappa shape index (κ3) is 2.16. The van der Waals surface area contributed by atoms with Crippen LogP contribution in [0.25, 0.3) is 5.70 Å². The molecule has 0 fully saturated rings. The summed E-state index contributed by atoms with van der Waals surface area (Å²) in [6.07, 6.45) is 1.30. The van der Waals surface area contributed by atoms with Crippen LogP contribution < -0.4 is 0 Å². The number of fused-ring (bicyclic) bond motifs is 1. The lowest BCUT2D eigenvalue weighted by Gasteiger charge is -2.22. The Morgan fingerprint density at radius 3 is 2.48 bits per heavy atom. The molecule has 0 N–H and O–H groups in total. The van der Waals surface area contributed by atoms with Gasteiger partial charge in [0.05, 0.1) is 29.1 Å². The highest BCUT2D eigenvalue weighted by atomic mass is 16.5. The smallest absolute Gasteiger partial charge is 0.340 e. The monoisotopic (exact) mass is 290 g/mol. The van der Waals surface area contributed by atoms with Crippen LogP contribution >= 0.6 is 0 Å². The normalized spacial score (nSPS) is 13.9. The molecule has 21 heavy (non-hydrogen) atoms. The van der Waals surface area contributed by atoms with Crippen LogP contribution in [0.5, 0.6) is 0 Å². The Labute approximate surface area is 123 Å². The van der Waals surface area contributed by atoms with Crippen LogP contribution in [-0.2, 0) is 16.6 Å². The van der Waals surface area contributed by atoms with Crippen molar-refractivity contribution in [3.8, 4) is 0 Å². The molecule has 0 aromatic carbocycles. The number of rotatable bonds is 3. The van der Waals surface area contributed by atoms with Gasteiger partial charge in [0.2, 0.25) is 11.6 Å². The van der Waals surface area contributed by atoms with E-state index in [-0.39, 0.29) is 17.7 Å². The van der Waals surface area contributed by atoms with Crippen LogP contribution in [0.3, 0.4) is 0 Å². The number of ether oxygens (including phenoxy) is 1. The van der Waals surface area contributed by atoms with Gasteiger partial charge in [0, 0.05) is 32.9 Å². The predicted octanol–water partition coefficient (Wildman–Crippen LogP) is 1.18. The molecule has 0 amide bonds. The third-order valence-electron chi connectivity index (χ3n) is 3.61. The molecule has 112 valence electrons. The van der Waals surface area contributed by atoms with Gasteiger partial charge in [-0.25, -0.2) is 4.79 Å². The van der Waals surface area contributed by atoms with Gasteiger partial charge in [-0.15, -0.1) is 0 Å². The van der Waals surface area contributed by atoms with Crippen molar-refractivity contribution in [3.63, 3.8) is 0 Å². The number of Topliss-reactive ketones (excluding diaryl/α,β-unsaturated/α-hetero) is 1. The molecule has 1 heterocycles. The van der Waals surface area contributed by atoms with E-state index in [2.05, 4.69) is 0 Å². The summed E-state index contributed by atoms with van der Waals surface area (Å²) in [5, 5.41) is 0. The Kier molecular flexibility index (Phi) is 3.72. The van der Waals surface area contributed by atoms with Gasteiger partial charge in [-0.2, -0.15) is 0 Å². The second-order valence-corrected chi connectivity index (χ2v) is 5.08. The summed E-state index contributed by atoms with van der Waals surface area (Å²) in [4.78, 5) is 38.1. The summed E-state index contributed by atoms with van der Waals surface area (Å²) in [5.41, 5.74) is 2.11. The van der Waals surface area contributed by atoms with E-state index in [1.807, 2.05) is 0 Å². The molecule has 0 aliphatic heterocycles. The number of esters is 1. The average Bonchev–Trinajstić information content (AvgIpc) is 2.67. The minimum Gasteiger partial charge on any atom is -0.462 e. The zero-order chi connectivity index (χ0) is 15.9. The summed E-state index contributed by atoms with van der Waals surface area (Å²) in [7, 11) is 5.33. The number of allylic oxidation sites excluding steroid dienone is 1. The lowest BCUT2D eigenvalue weighted by atomic mass is 9.94. The molecule has 2 rings (SSSR count). The van der Waals surface area contributed by atoms with Crippen LogP contribution in [0.2, 0.25) is 0 Å². The number of ketones is 2. The molecule has 0 radical (unpaired) electrons. The van der Waals surface area contributed by atoms with E-state index in [1.54, 1.807) is 44.5 Å². The zero-order valence-corrected chi connectivity index (χ0v) is 12.8. The highest BCUT2D eigenvalue weighted by Crippen LogP contribution is 2.33. The maximum absolute atomic E-state index is 12.2. The molecule has 0 bridgehead atoms. The van der Waals surface area contributed by atoms with Gasteiger partial charge >= 0.3 is 5.97 Å². The van der Waals surface area contributed by atoms with Gasteiger partial charge in [-0.3, -0.25) is 9.59 Å². The van der Waals surface area contributed by atoms with E-state index in [4.69, 9.17) is 4.74 Å². The summed E-state index contributed by atoms with van der Waals surface area (Å²) >= 11 is 0. The molecule has 0 saturated heterocycles. The highest BCUT2D eigenvalue weighted by Gasteiger charge is 2.36. The molecule has 1 aromatic heterocycles. The van der Waals surface area contributed by atoms with Gasteiger partial charge < -0.3 is 14.2 Å². The molecule has 0 unspecified atom stereocenters. The van der Waals surface area contributed by atoms with Gasteiger partial charge in [0.15, 0.2) is 0 Å². The number of carbonyl (C=O) groups is 3. The van der Waals surface area contributed by atoms with E-state index in [0.29, 0.717) is 17.1 Å². The van der Waals surface area contributed by atoms with Crippen LogP contribution in [-0.4, -0.2) is 47.7 Å². The van der Waals surface area contributed by atoms with E-state index >= 15 is 0 Å². The molecule has 6 heteroatoms. The number of nitrogens with zero attached hydrogens (tertiary/aromatic N) is 2. The molecule has 1 aliphatic rings. The Morgan fingerprint density at radius 2 is 1.95 bits per heavy atom. The van der Waals surface area contributed by atoms with Crippen LogP contribution in [0.4, 0.5) is 0 Å². The van der Waals surface area contributed by atoms with Crippen LogP contribution in [0.1, 0.15) is 39.0 Å². The molecule has 0 saturated carbocycles. The largest absolute Gasteiger partial charge is 0.462 e. The minimum atomic E-state index is -0.664. The van der Waals surface area contributed by atoms with Crippen molar-refractivity contribution in [1.82, 2.24) is 9.47 Å². The van der Waals surface area contributed by atoms with E-state index < -0.39 is 17.5 Å². The first-order chi connectivity index (χ1) is 9.81. The van der Waals surface area contributed by atoms with Crippen molar-refractivity contribution in [2.75, 3.05) is 20.7 Å². The second-order valence-electron chi connectivity index (χ2n) is 5.08. The summed E-state index contributed by atoms with van der Waals surface area (Å²) < 4.78 is 6.77. The Balaban J connectivity index is 2.78. The van der Waals surface area contributed by atoms with Crippen LogP contribution in [0.15, 0.2) is 6.08 Å². The minimum absolute atomic E-state index is 0.143. The molecule has 0 atom stereocenters. The SMILES string of the molecule is CCOC(=O)c1c2c(n(C)c1C)C(N(C)C)=CC(=O)C2=O. The van der Waals surface area contributed by atoms with Crippen molar-refractivity contribution in [3.05, 3.63) is 28.6 Å². The van der Waals surface area contributed by atoms with E-state index in [1.165, 1.54) is 6.08 Å². The summed E-state index contributed by atoms with van der Waals surface area (Å²) in [6, 6.07) is 0. The number of hydrogen-bond donors (Lipinski definition) is 0. The number of aromatic nitrogens is 1. The van der Waals surface area contributed by atoms with Crippen LogP contribution in [0, 0.1) is 6.92 Å². The van der Waals surface area contributed by atoms with Crippen molar-refractivity contribution in [2.24, 2.45) is 7.05 Å². The summed E-state index contributed by atoms with van der Waals surface area (Å²) in [6.45, 7) is 3.64. The average molecular weight is 290 g/mol. The topological polar surface area (TPSA) is 68.6 Å². The maximum Gasteiger partial charge on any atom is 0.340 e. The van der Waals surface area contributed by atoms with E-state index in [0.717, 1.165) is 0 Å². The Morgan fingerprint density at radius 1 is 1.33 bits per heavy atom. The molecule has 1 aromatic rings. The van der Waals surface area contributed by atoms with E-state index in [9.17, 15) is 14.4 Å². The zero-order valence-electron chi connectivity index (χ0n) is 12.8. The van der Waals surface area contributed by atoms with Gasteiger partial charge in [0.25, 0.3) is 0 Å². The van der Waals surface area contributed by atoms with Crippen molar-refractivity contribution < 1.29 is 19.1 Å². The Hall–Kier alpha value is -2.37. The molecular weight excluding hydrogens is 272 g/mol. The molecule has 0 spiro atoms. The predicted molar refractivity (Wildman–Crippen MR) is 77.1 cm³/mol. The van der Waals surface area contributed by atoms with Gasteiger partial charge in [-0.05, 0) is 13.8 Å². The standard InChI is InChI=1S/C15H18N2O4/c1-6-21-15(20)11-8(2)17(5)13-9(16(3)4)7-10(18)14(19)12(11)13/h7H,6H2,1-5H3. The molecular formula is C15H18N2O4. The Bertz CT molecular complexity index is 680. The lowest BCUT2D eigenvalue weighted by molar-refractivity contribution is -0.111. The van der Waals surface area contributed by atoms with Crippen molar-refractivity contribution in [1.29, 1.82) is 0 Å². The molecule has 6 nitrogen and oxygen atoms in total. The second kappa shape index (κ2) is 5.20. The number of carbonyl (C=O) groups excluding carboxylic acids is 3. The van der Waals surface area contributed by atoms with Crippen molar-refractivity contribution in [2.45, 2.75) is 13.8 Å². The quantitative estimate of drug-likeness (QED) is 0.617. The number of hydrogen-bond acceptors (Lipinski definition) is 5. The highest BCUT2D eigenvalue weighted by molar-refractivity contribution is 6.51. The fourth-order valence-electron chi connectivity index (χ4n) is 2.50. The molecule has 1 aliphatic carbocycles. The van der Waals surface area contributed by atoms with Gasteiger partial charge in [-0.1, -0.05) is 0 Å². The first-order valence-electron chi connectivity index (χ1n) is 6.65. The first-order valence-corrected chi connectivity index (χ1v) is 6.65. The maximum atomic E-state index is 12.2. The fourth-order valence-corrected chi connectivity index (χ4v) is 2.50. The fraction of sp³-hybridized carbons (Fsp3) is 0.400. The lowest BCUT2D eigenvalue weighted by Crippen LogP contribution is -2.26. The third-order valence-corrected chi connectivity index (χ3v) is 3.61. The van der Waals surface area contributed by atoms with Crippen molar-refractivity contribution >= 4 is 23.2 Å². The summed E-state index contributed by atoms with van der Waals surface area (Å²) in [5.74, 6) is -1.86. The van der Waals surface area contributed by atoms with Gasteiger partial charge in [0.1, 0.15) is 0 Å².